The largest absolute Gasteiger partial charge is 0.391 e. The Hall–Kier alpha value is -1.88. The third kappa shape index (κ3) is 5.55. The minimum atomic E-state index is -0.539. The highest BCUT2D eigenvalue weighted by atomic mass is 16.3. The second kappa shape index (κ2) is 8.42. The Balaban J connectivity index is 2.61. The van der Waals surface area contributed by atoms with E-state index in [1.807, 2.05) is 13.8 Å². The first-order valence-electron chi connectivity index (χ1n) is 7.31. The van der Waals surface area contributed by atoms with Gasteiger partial charge < -0.3 is 15.7 Å². The van der Waals surface area contributed by atoms with Crippen LogP contribution in [0.4, 0.5) is 5.69 Å². The molecule has 1 aromatic rings. The second-order valence-corrected chi connectivity index (χ2v) is 5.12. The molecule has 21 heavy (non-hydrogen) atoms. The van der Waals surface area contributed by atoms with Gasteiger partial charge in [0, 0.05) is 24.7 Å². The molecule has 0 bridgehead atoms. The molecule has 2 amide bonds. The number of nitrogens with one attached hydrogen (secondary N) is 2. The summed E-state index contributed by atoms with van der Waals surface area (Å²) in [4.78, 5) is 23.1. The lowest BCUT2D eigenvalue weighted by Gasteiger charge is -2.20. The van der Waals surface area contributed by atoms with Crippen LogP contribution in [0.3, 0.4) is 0 Å². The van der Waals surface area contributed by atoms with Gasteiger partial charge in [-0.3, -0.25) is 9.59 Å². The highest BCUT2D eigenvalue weighted by molar-refractivity contribution is 5.96. The minimum Gasteiger partial charge on any atom is -0.391 e. The van der Waals surface area contributed by atoms with Crippen LogP contribution < -0.4 is 10.6 Å². The van der Waals surface area contributed by atoms with Crippen LogP contribution in [0.25, 0.3) is 0 Å². The lowest BCUT2D eigenvalue weighted by Crippen LogP contribution is -2.36. The van der Waals surface area contributed by atoms with Crippen molar-refractivity contribution in [3.8, 4) is 0 Å². The van der Waals surface area contributed by atoms with Gasteiger partial charge in [-0.05, 0) is 24.1 Å². The number of hydrogen-bond donors (Lipinski definition) is 3. The first-order valence-corrected chi connectivity index (χ1v) is 7.31. The maximum absolute atomic E-state index is 12.1. The molecular formula is C16H24N2O3. The van der Waals surface area contributed by atoms with E-state index in [1.165, 1.54) is 6.92 Å². The van der Waals surface area contributed by atoms with Gasteiger partial charge in [-0.25, -0.2) is 0 Å². The van der Waals surface area contributed by atoms with Gasteiger partial charge >= 0.3 is 0 Å². The quantitative estimate of drug-likeness (QED) is 0.720. The van der Waals surface area contributed by atoms with Gasteiger partial charge in [0.25, 0.3) is 5.91 Å². The Kier molecular flexibility index (Phi) is 6.88. The van der Waals surface area contributed by atoms with Crippen LogP contribution in [0, 0.1) is 5.92 Å². The third-order valence-corrected chi connectivity index (χ3v) is 3.51. The summed E-state index contributed by atoms with van der Waals surface area (Å²) >= 11 is 0. The van der Waals surface area contributed by atoms with Crippen molar-refractivity contribution in [3.63, 3.8) is 0 Å². The zero-order chi connectivity index (χ0) is 15.8. The number of aliphatic hydroxyl groups is 1. The summed E-state index contributed by atoms with van der Waals surface area (Å²) in [5, 5.41) is 15.4. The Morgan fingerprint density at radius 1 is 1.24 bits per heavy atom. The molecule has 1 unspecified atom stereocenters. The molecule has 0 heterocycles. The molecule has 5 heteroatoms. The summed E-state index contributed by atoms with van der Waals surface area (Å²) in [6, 6.07) is 6.71. The fraction of sp³-hybridized carbons (Fsp3) is 0.500. The Morgan fingerprint density at radius 3 is 2.48 bits per heavy atom. The van der Waals surface area contributed by atoms with Gasteiger partial charge in [-0.1, -0.05) is 32.8 Å². The SMILES string of the molecule is CCC(CC)C(O)CNC(=O)c1cccc(NC(C)=O)c1. The van der Waals surface area contributed by atoms with Crippen molar-refractivity contribution >= 4 is 17.5 Å². The Bertz CT molecular complexity index is 484. The van der Waals surface area contributed by atoms with Crippen molar-refractivity contribution < 1.29 is 14.7 Å². The van der Waals surface area contributed by atoms with E-state index in [9.17, 15) is 14.7 Å². The molecule has 3 N–H and O–H groups in total. The molecule has 0 fully saturated rings. The molecule has 1 aromatic carbocycles. The van der Waals surface area contributed by atoms with Gasteiger partial charge in [0.1, 0.15) is 0 Å². The number of aliphatic hydroxyl groups excluding tert-OH is 1. The number of anilines is 1. The van der Waals surface area contributed by atoms with Crippen molar-refractivity contribution in [3.05, 3.63) is 29.8 Å². The van der Waals surface area contributed by atoms with Crippen molar-refractivity contribution in [2.75, 3.05) is 11.9 Å². The normalized spacial score (nSPS) is 12.0. The summed E-state index contributed by atoms with van der Waals surface area (Å²) in [7, 11) is 0. The van der Waals surface area contributed by atoms with Crippen LogP contribution in [0.5, 0.6) is 0 Å². The zero-order valence-corrected chi connectivity index (χ0v) is 12.8. The van der Waals surface area contributed by atoms with Crippen molar-refractivity contribution in [2.45, 2.75) is 39.7 Å². The van der Waals surface area contributed by atoms with Gasteiger partial charge in [0.2, 0.25) is 5.91 Å². The predicted octanol–water partition coefficient (Wildman–Crippen LogP) is 2.17. The zero-order valence-electron chi connectivity index (χ0n) is 12.8. The van der Waals surface area contributed by atoms with E-state index in [4.69, 9.17) is 0 Å². The van der Waals surface area contributed by atoms with E-state index in [-0.39, 0.29) is 24.3 Å². The van der Waals surface area contributed by atoms with E-state index in [0.717, 1.165) is 12.8 Å². The lowest BCUT2D eigenvalue weighted by molar-refractivity contribution is -0.114. The number of hydrogen-bond acceptors (Lipinski definition) is 3. The van der Waals surface area contributed by atoms with Gasteiger partial charge in [-0.15, -0.1) is 0 Å². The lowest BCUT2D eigenvalue weighted by atomic mass is 9.96. The van der Waals surface area contributed by atoms with Crippen LogP contribution in [0.15, 0.2) is 24.3 Å². The highest BCUT2D eigenvalue weighted by Gasteiger charge is 2.16. The van der Waals surface area contributed by atoms with Gasteiger partial charge in [0.15, 0.2) is 0 Å². The maximum Gasteiger partial charge on any atom is 0.251 e. The maximum atomic E-state index is 12.1. The van der Waals surface area contributed by atoms with E-state index in [1.54, 1.807) is 24.3 Å². The topological polar surface area (TPSA) is 78.4 Å². The van der Waals surface area contributed by atoms with Crippen LogP contribution >= 0.6 is 0 Å². The molecule has 0 spiro atoms. The first-order chi connectivity index (χ1) is 9.97. The summed E-state index contributed by atoms with van der Waals surface area (Å²) in [5.41, 5.74) is 1.04. The number of benzene rings is 1. The van der Waals surface area contributed by atoms with Gasteiger partial charge in [0.05, 0.1) is 6.10 Å². The molecule has 0 aliphatic rings. The van der Waals surface area contributed by atoms with E-state index >= 15 is 0 Å². The summed E-state index contributed by atoms with van der Waals surface area (Å²) in [6.07, 6.45) is 1.22. The highest BCUT2D eigenvalue weighted by Crippen LogP contribution is 2.13. The van der Waals surface area contributed by atoms with Crippen LogP contribution in [-0.2, 0) is 4.79 Å². The molecule has 1 rings (SSSR count). The molecule has 116 valence electrons. The molecule has 0 aliphatic carbocycles. The van der Waals surface area contributed by atoms with Gasteiger partial charge in [-0.2, -0.15) is 0 Å². The molecule has 0 saturated carbocycles. The average Bonchev–Trinajstić information content (AvgIpc) is 2.45. The van der Waals surface area contributed by atoms with Crippen molar-refractivity contribution in [1.82, 2.24) is 5.32 Å². The van der Waals surface area contributed by atoms with Crippen molar-refractivity contribution in [2.24, 2.45) is 5.92 Å². The standard InChI is InChI=1S/C16H24N2O3/c1-4-12(5-2)15(20)10-17-16(21)13-7-6-8-14(9-13)18-11(3)19/h6-9,12,15,20H,4-5,10H2,1-3H3,(H,17,21)(H,18,19). The van der Waals surface area contributed by atoms with Crippen LogP contribution in [-0.4, -0.2) is 29.6 Å². The Labute approximate surface area is 125 Å². The number of rotatable bonds is 7. The summed E-state index contributed by atoms with van der Waals surface area (Å²) in [6.45, 7) is 5.69. The first kappa shape index (κ1) is 17.2. The molecule has 0 aromatic heterocycles. The monoisotopic (exact) mass is 292 g/mol. The van der Waals surface area contributed by atoms with E-state index < -0.39 is 6.10 Å². The van der Waals surface area contributed by atoms with Crippen LogP contribution in [0.1, 0.15) is 44.0 Å². The smallest absolute Gasteiger partial charge is 0.251 e. The molecule has 1 atom stereocenters. The predicted molar refractivity (Wildman–Crippen MR) is 83.2 cm³/mol. The molecule has 5 nitrogen and oxygen atoms in total. The summed E-state index contributed by atoms with van der Waals surface area (Å²) in [5.74, 6) is -0.250. The minimum absolute atomic E-state index is 0.184. The fourth-order valence-electron chi connectivity index (χ4n) is 2.24. The number of carbonyl (C=O) groups is 2. The molecule has 0 saturated heterocycles. The van der Waals surface area contributed by atoms with E-state index in [0.29, 0.717) is 11.3 Å². The number of amides is 2. The third-order valence-electron chi connectivity index (χ3n) is 3.51. The molecule has 0 radical (unpaired) electrons. The summed E-state index contributed by atoms with van der Waals surface area (Å²) < 4.78 is 0. The van der Waals surface area contributed by atoms with Crippen molar-refractivity contribution in [1.29, 1.82) is 0 Å². The molecular weight excluding hydrogens is 268 g/mol. The average molecular weight is 292 g/mol. The number of carbonyl (C=O) groups excluding carboxylic acids is 2. The molecule has 0 aliphatic heterocycles. The second-order valence-electron chi connectivity index (χ2n) is 5.12. The Morgan fingerprint density at radius 2 is 1.90 bits per heavy atom. The fourth-order valence-corrected chi connectivity index (χ4v) is 2.24. The van der Waals surface area contributed by atoms with E-state index in [2.05, 4.69) is 10.6 Å². The van der Waals surface area contributed by atoms with Crippen LogP contribution in [0.2, 0.25) is 0 Å².